The number of likely N-dealkylation sites (N-methyl/N-ethyl adjacent to an activating group) is 1. The summed E-state index contributed by atoms with van der Waals surface area (Å²) in [6, 6.07) is 5.48. The molecule has 0 saturated heterocycles. The Balaban J connectivity index is 1.69. The molecule has 1 heterocycles. The molecule has 3 aliphatic carbocycles. The molecule has 1 amide bonds. The minimum atomic E-state index is -2.66. The Morgan fingerprint density at radius 3 is 2.49 bits per heavy atom. The van der Waals surface area contributed by atoms with E-state index >= 15 is 0 Å². The van der Waals surface area contributed by atoms with Gasteiger partial charge in [-0.3, -0.25) is 19.3 Å². The molecule has 0 bridgehead atoms. The number of amides is 1. The highest BCUT2D eigenvalue weighted by Gasteiger charge is 2.64. The molecule has 0 spiro atoms. The summed E-state index contributed by atoms with van der Waals surface area (Å²) in [5, 5.41) is 48.7. The zero-order valence-electron chi connectivity index (χ0n) is 20.1. The number of aromatic nitrogens is 1. The molecule has 11 heteroatoms. The number of ketones is 2. The van der Waals surface area contributed by atoms with Crippen molar-refractivity contribution in [2.75, 3.05) is 14.1 Å². The number of fused-ring (bicyclic) bond motifs is 3. The first-order valence-electron chi connectivity index (χ1n) is 11.6. The van der Waals surface area contributed by atoms with Gasteiger partial charge in [-0.25, -0.2) is 4.68 Å². The Hall–Kier alpha value is -4.22. The molecule has 1 aromatic heterocycles. The summed E-state index contributed by atoms with van der Waals surface area (Å²) >= 11 is 0. The van der Waals surface area contributed by atoms with E-state index in [9.17, 15) is 34.8 Å². The molecule has 3 aliphatic rings. The Kier molecular flexibility index (Phi) is 5.57. The highest BCUT2D eigenvalue weighted by atomic mass is 16.3. The Labute approximate surface area is 211 Å². The van der Waals surface area contributed by atoms with Gasteiger partial charge in [-0.15, -0.1) is 0 Å². The molecule has 4 atom stereocenters. The maximum absolute atomic E-state index is 13.8. The van der Waals surface area contributed by atoms with Gasteiger partial charge in [-0.1, -0.05) is 0 Å². The average molecular weight is 507 g/mol. The fourth-order valence-electron chi connectivity index (χ4n) is 5.92. The van der Waals surface area contributed by atoms with Crippen molar-refractivity contribution in [2.24, 2.45) is 22.7 Å². The van der Waals surface area contributed by atoms with Gasteiger partial charge in [-0.2, -0.15) is 5.10 Å². The lowest BCUT2D eigenvalue weighted by Crippen LogP contribution is -2.65. The number of carbonyl (C=O) groups excluding carboxylic acids is 3. The van der Waals surface area contributed by atoms with Crippen LogP contribution in [0.5, 0.6) is 5.75 Å². The van der Waals surface area contributed by atoms with Gasteiger partial charge in [-0.05, 0) is 68.2 Å². The van der Waals surface area contributed by atoms with E-state index in [0.29, 0.717) is 11.1 Å². The maximum Gasteiger partial charge on any atom is 0.255 e. The van der Waals surface area contributed by atoms with Crippen LogP contribution in [0.1, 0.15) is 23.1 Å². The van der Waals surface area contributed by atoms with E-state index in [1.54, 1.807) is 55.6 Å². The summed E-state index contributed by atoms with van der Waals surface area (Å²) in [5.41, 5.74) is 2.80. The predicted molar refractivity (Wildman–Crippen MR) is 132 cm³/mol. The SMILES string of the molecule is CN(C)[C@@H]1C(=O)C(C(N)=O)=C(O)[C@@]2(O)C(=O)C3=C(O)c4c(O)ccc(C=Nn5cccc5)c4C[C@H]3C[C@@H]12. The van der Waals surface area contributed by atoms with E-state index in [-0.39, 0.29) is 29.7 Å². The number of nitrogens with two attached hydrogens (primary N) is 1. The second-order valence-electron chi connectivity index (χ2n) is 9.80. The number of nitrogens with zero attached hydrogens (tertiary/aromatic N) is 3. The third kappa shape index (κ3) is 3.42. The fraction of sp³-hybridized carbons (Fsp3) is 0.308. The zero-order chi connectivity index (χ0) is 26.8. The first kappa shape index (κ1) is 24.5. The molecule has 192 valence electrons. The summed E-state index contributed by atoms with van der Waals surface area (Å²) in [7, 11) is 3.11. The molecule has 0 aliphatic heterocycles. The van der Waals surface area contributed by atoms with Crippen LogP contribution in [0.4, 0.5) is 0 Å². The van der Waals surface area contributed by atoms with Gasteiger partial charge in [0.05, 0.1) is 17.8 Å². The van der Waals surface area contributed by atoms with Crippen molar-refractivity contribution in [3.8, 4) is 5.75 Å². The minimum absolute atomic E-state index is 0.0211. The van der Waals surface area contributed by atoms with Gasteiger partial charge in [0.1, 0.15) is 22.8 Å². The van der Waals surface area contributed by atoms with Gasteiger partial charge >= 0.3 is 0 Å². The average Bonchev–Trinajstić information content (AvgIpc) is 3.34. The number of benzene rings is 1. The van der Waals surface area contributed by atoms with Crippen molar-refractivity contribution < 1.29 is 34.8 Å². The van der Waals surface area contributed by atoms with Crippen molar-refractivity contribution in [3.63, 3.8) is 0 Å². The quantitative estimate of drug-likeness (QED) is 0.296. The van der Waals surface area contributed by atoms with Gasteiger partial charge in [0.15, 0.2) is 11.4 Å². The summed E-state index contributed by atoms with van der Waals surface area (Å²) in [5.74, 6) is -6.80. The van der Waals surface area contributed by atoms with Crippen LogP contribution in [0.2, 0.25) is 0 Å². The molecule has 0 unspecified atom stereocenters. The van der Waals surface area contributed by atoms with Crippen LogP contribution < -0.4 is 5.73 Å². The summed E-state index contributed by atoms with van der Waals surface area (Å²) in [4.78, 5) is 40.5. The summed E-state index contributed by atoms with van der Waals surface area (Å²) in [6.07, 6.45) is 5.26. The Morgan fingerprint density at radius 1 is 1.19 bits per heavy atom. The standard InChI is InChI=1S/C26H26N4O7/c1-29(2)20-15-10-13-9-14-12(11-28-30-7-3-4-8-30)5-6-16(31)18(14)21(32)17(13)23(34)26(15,37)24(35)19(22(20)33)25(27)36/h3-8,11,13,15,20,31-32,35,37H,9-10H2,1-2H3,(H2,27,36)/t13-,15-,20-,26-/m0/s1. The van der Waals surface area contributed by atoms with Gasteiger partial charge < -0.3 is 26.2 Å². The number of aliphatic hydroxyl groups is 3. The number of phenols is 1. The minimum Gasteiger partial charge on any atom is -0.508 e. The van der Waals surface area contributed by atoms with Crippen molar-refractivity contribution in [1.29, 1.82) is 0 Å². The predicted octanol–water partition coefficient (Wildman–Crippen LogP) is 0.648. The molecular weight excluding hydrogens is 480 g/mol. The van der Waals surface area contributed by atoms with Gasteiger partial charge in [0.2, 0.25) is 5.78 Å². The van der Waals surface area contributed by atoms with Gasteiger partial charge in [0, 0.05) is 23.9 Å². The van der Waals surface area contributed by atoms with Crippen LogP contribution in [-0.4, -0.2) is 79.4 Å². The molecule has 6 N–H and O–H groups in total. The Bertz CT molecular complexity index is 1440. The fourth-order valence-corrected chi connectivity index (χ4v) is 5.92. The monoisotopic (exact) mass is 506 g/mol. The molecule has 1 aromatic carbocycles. The first-order chi connectivity index (χ1) is 17.5. The largest absolute Gasteiger partial charge is 0.508 e. The van der Waals surface area contributed by atoms with E-state index in [2.05, 4.69) is 5.10 Å². The lowest BCUT2D eigenvalue weighted by molar-refractivity contribution is -0.153. The molecule has 1 fully saturated rings. The molecule has 1 saturated carbocycles. The highest BCUT2D eigenvalue weighted by molar-refractivity contribution is 6.24. The number of Topliss-reactive ketones (excluding diaryl/α,β-unsaturated/α-hetero) is 2. The van der Waals surface area contributed by atoms with Crippen LogP contribution in [-0.2, 0) is 20.8 Å². The van der Waals surface area contributed by atoms with Crippen LogP contribution in [0.25, 0.3) is 5.76 Å². The van der Waals surface area contributed by atoms with Crippen LogP contribution in [0.15, 0.2) is 58.7 Å². The molecule has 37 heavy (non-hydrogen) atoms. The maximum atomic E-state index is 13.8. The van der Waals surface area contributed by atoms with E-state index in [0.717, 1.165) is 0 Å². The van der Waals surface area contributed by atoms with Gasteiger partial charge in [0.25, 0.3) is 5.91 Å². The first-order valence-corrected chi connectivity index (χ1v) is 11.6. The van der Waals surface area contributed by atoms with Crippen LogP contribution in [0, 0.1) is 11.8 Å². The smallest absolute Gasteiger partial charge is 0.255 e. The third-order valence-electron chi connectivity index (χ3n) is 7.56. The Morgan fingerprint density at radius 2 is 1.86 bits per heavy atom. The highest BCUT2D eigenvalue weighted by Crippen LogP contribution is 2.52. The molecule has 0 radical (unpaired) electrons. The zero-order valence-corrected chi connectivity index (χ0v) is 20.1. The van der Waals surface area contributed by atoms with Crippen molar-refractivity contribution in [2.45, 2.75) is 24.5 Å². The second kappa shape index (κ2) is 8.43. The van der Waals surface area contributed by atoms with Crippen molar-refractivity contribution >= 4 is 29.4 Å². The van der Waals surface area contributed by atoms with E-state index < -0.39 is 58.0 Å². The molecule has 11 nitrogen and oxygen atoms in total. The van der Waals surface area contributed by atoms with Crippen molar-refractivity contribution in [3.05, 3.63) is 70.3 Å². The van der Waals surface area contributed by atoms with E-state index in [1.807, 2.05) is 0 Å². The number of aliphatic hydroxyl groups excluding tert-OH is 2. The number of hydrogen-bond donors (Lipinski definition) is 5. The number of rotatable bonds is 4. The van der Waals surface area contributed by atoms with Crippen LogP contribution >= 0.6 is 0 Å². The second-order valence-corrected chi connectivity index (χ2v) is 9.80. The molecule has 2 aromatic rings. The van der Waals surface area contributed by atoms with Crippen LogP contribution in [0.3, 0.4) is 0 Å². The molecular formula is C26H26N4O7. The number of phenolic OH excluding ortho intramolecular Hbond substituents is 1. The lowest BCUT2D eigenvalue weighted by Gasteiger charge is -2.50. The van der Waals surface area contributed by atoms with E-state index in [4.69, 9.17) is 5.73 Å². The lowest BCUT2D eigenvalue weighted by atomic mass is 9.57. The van der Waals surface area contributed by atoms with E-state index in [1.165, 1.54) is 11.0 Å². The number of hydrogen-bond acceptors (Lipinski definition) is 9. The summed E-state index contributed by atoms with van der Waals surface area (Å²) < 4.78 is 1.58. The number of aromatic hydroxyl groups is 1. The topological polar surface area (TPSA) is 179 Å². The third-order valence-corrected chi connectivity index (χ3v) is 7.56. The normalized spacial score (nSPS) is 27.5. The molecule has 5 rings (SSSR count). The summed E-state index contributed by atoms with van der Waals surface area (Å²) in [6.45, 7) is 0. The number of primary amides is 1. The number of carbonyl (C=O) groups is 3. The van der Waals surface area contributed by atoms with Crippen molar-refractivity contribution in [1.82, 2.24) is 9.58 Å².